The molecule has 0 saturated carbocycles. The van der Waals surface area contributed by atoms with Gasteiger partial charge in [-0.15, -0.1) is 11.8 Å². The van der Waals surface area contributed by atoms with Crippen molar-refractivity contribution in [1.82, 2.24) is 14.9 Å². The van der Waals surface area contributed by atoms with E-state index in [9.17, 15) is 21.6 Å². The van der Waals surface area contributed by atoms with Gasteiger partial charge in [-0.05, 0) is 37.1 Å². The number of halogens is 3. The fourth-order valence-electron chi connectivity index (χ4n) is 2.76. The highest BCUT2D eigenvalue weighted by atomic mass is 32.2. The normalized spacial score (nSPS) is 17.5. The first-order valence-corrected chi connectivity index (χ1v) is 11.4. The monoisotopic (exact) mass is 438 g/mol. The summed E-state index contributed by atoms with van der Waals surface area (Å²) in [5.41, 5.74) is -5.25. The SMILES string of the molecule is CN=C(NCCCSc1ccccc1)NC1CCN(S(=O)(=O)C(F)(F)F)CC1. The minimum Gasteiger partial charge on any atom is -0.356 e. The van der Waals surface area contributed by atoms with Gasteiger partial charge in [0.15, 0.2) is 5.96 Å². The van der Waals surface area contributed by atoms with Crippen LogP contribution in [0.4, 0.5) is 13.2 Å². The molecule has 1 aliphatic heterocycles. The molecule has 2 N–H and O–H groups in total. The van der Waals surface area contributed by atoms with Crippen LogP contribution in [0.25, 0.3) is 0 Å². The first-order chi connectivity index (χ1) is 13.2. The van der Waals surface area contributed by atoms with E-state index in [0.717, 1.165) is 12.2 Å². The second-order valence-electron chi connectivity index (χ2n) is 6.28. The Morgan fingerprint density at radius 3 is 2.46 bits per heavy atom. The Balaban J connectivity index is 1.68. The van der Waals surface area contributed by atoms with E-state index in [0.29, 0.717) is 29.7 Å². The maximum Gasteiger partial charge on any atom is 0.511 e. The molecule has 1 saturated heterocycles. The minimum atomic E-state index is -5.25. The highest BCUT2D eigenvalue weighted by molar-refractivity contribution is 7.99. The summed E-state index contributed by atoms with van der Waals surface area (Å²) in [6.45, 7) is 0.384. The zero-order valence-corrected chi connectivity index (χ0v) is 17.2. The Kier molecular flexibility index (Phi) is 8.44. The molecule has 158 valence electrons. The number of benzene rings is 1. The molecule has 11 heteroatoms. The van der Waals surface area contributed by atoms with Gasteiger partial charge < -0.3 is 10.6 Å². The van der Waals surface area contributed by atoms with Crippen LogP contribution in [-0.2, 0) is 10.0 Å². The lowest BCUT2D eigenvalue weighted by atomic mass is 10.1. The van der Waals surface area contributed by atoms with Crippen LogP contribution in [0.1, 0.15) is 19.3 Å². The van der Waals surface area contributed by atoms with Crippen LogP contribution in [0.15, 0.2) is 40.2 Å². The van der Waals surface area contributed by atoms with Crippen LogP contribution in [-0.4, -0.2) is 62.7 Å². The van der Waals surface area contributed by atoms with Crippen LogP contribution in [0.3, 0.4) is 0 Å². The third-order valence-electron chi connectivity index (χ3n) is 4.28. The van der Waals surface area contributed by atoms with Crippen molar-refractivity contribution in [3.63, 3.8) is 0 Å². The maximum atomic E-state index is 12.6. The van der Waals surface area contributed by atoms with Gasteiger partial charge in [-0.1, -0.05) is 18.2 Å². The standard InChI is InChI=1S/C17H25F3N4O2S2/c1-21-16(22-10-5-13-27-15-6-3-2-4-7-15)23-14-8-11-24(12-9-14)28(25,26)17(18,19)20/h2-4,6-7,14H,5,8-13H2,1H3,(H2,21,22,23). The van der Waals surface area contributed by atoms with Gasteiger partial charge >= 0.3 is 15.5 Å². The molecule has 0 spiro atoms. The summed E-state index contributed by atoms with van der Waals surface area (Å²) in [4.78, 5) is 5.33. The van der Waals surface area contributed by atoms with Crippen molar-refractivity contribution >= 4 is 27.7 Å². The van der Waals surface area contributed by atoms with Crippen LogP contribution in [0.2, 0.25) is 0 Å². The number of hydrogen-bond acceptors (Lipinski definition) is 4. The summed E-state index contributed by atoms with van der Waals surface area (Å²) in [5, 5.41) is 6.34. The van der Waals surface area contributed by atoms with E-state index in [1.54, 1.807) is 18.8 Å². The molecule has 1 aromatic rings. The number of sulfonamides is 1. The average molecular weight is 439 g/mol. The zero-order chi connectivity index (χ0) is 20.6. The molecule has 1 aromatic carbocycles. The molecule has 0 amide bonds. The molecule has 2 rings (SSSR count). The van der Waals surface area contributed by atoms with E-state index < -0.39 is 15.5 Å². The Bertz CT molecular complexity index is 735. The van der Waals surface area contributed by atoms with E-state index in [-0.39, 0.29) is 19.1 Å². The second kappa shape index (κ2) is 10.4. The predicted molar refractivity (Wildman–Crippen MR) is 106 cm³/mol. The van der Waals surface area contributed by atoms with Crippen molar-refractivity contribution in [3.05, 3.63) is 30.3 Å². The number of thioether (sulfide) groups is 1. The molecular weight excluding hydrogens is 413 g/mol. The van der Waals surface area contributed by atoms with Crippen LogP contribution in [0.5, 0.6) is 0 Å². The van der Waals surface area contributed by atoms with Gasteiger partial charge in [-0.25, -0.2) is 8.42 Å². The van der Waals surface area contributed by atoms with Crippen molar-refractivity contribution < 1.29 is 21.6 Å². The Labute approximate surface area is 168 Å². The second-order valence-corrected chi connectivity index (χ2v) is 9.38. The maximum absolute atomic E-state index is 12.6. The van der Waals surface area contributed by atoms with E-state index in [1.807, 2.05) is 18.2 Å². The molecule has 1 aliphatic rings. The first-order valence-electron chi connectivity index (χ1n) is 8.95. The Hall–Kier alpha value is -1.46. The molecule has 6 nitrogen and oxygen atoms in total. The number of nitrogens with one attached hydrogen (secondary N) is 2. The summed E-state index contributed by atoms with van der Waals surface area (Å²) in [5.74, 6) is 1.52. The van der Waals surface area contributed by atoms with Gasteiger partial charge in [-0.3, -0.25) is 4.99 Å². The minimum absolute atomic E-state index is 0.121. The third kappa shape index (κ3) is 6.56. The largest absolute Gasteiger partial charge is 0.511 e. The lowest BCUT2D eigenvalue weighted by molar-refractivity contribution is -0.0494. The Morgan fingerprint density at radius 2 is 1.89 bits per heavy atom. The van der Waals surface area contributed by atoms with Crippen molar-refractivity contribution in [1.29, 1.82) is 0 Å². The zero-order valence-electron chi connectivity index (χ0n) is 15.6. The summed E-state index contributed by atoms with van der Waals surface area (Å²) < 4.78 is 61.2. The van der Waals surface area contributed by atoms with Gasteiger partial charge in [-0.2, -0.15) is 17.5 Å². The summed E-state index contributed by atoms with van der Waals surface area (Å²) in [7, 11) is -3.62. The van der Waals surface area contributed by atoms with Gasteiger partial charge in [0.25, 0.3) is 0 Å². The fourth-order valence-corrected chi connectivity index (χ4v) is 4.62. The number of piperidine rings is 1. The van der Waals surface area contributed by atoms with Gasteiger partial charge in [0.05, 0.1) is 0 Å². The third-order valence-corrected chi connectivity index (χ3v) is 7.00. The van der Waals surface area contributed by atoms with Gasteiger partial charge in [0.2, 0.25) is 0 Å². The lowest BCUT2D eigenvalue weighted by Crippen LogP contribution is -2.51. The highest BCUT2D eigenvalue weighted by Gasteiger charge is 2.50. The molecule has 1 heterocycles. The van der Waals surface area contributed by atoms with Gasteiger partial charge in [0, 0.05) is 37.6 Å². The van der Waals surface area contributed by atoms with Crippen LogP contribution in [0, 0.1) is 0 Å². The van der Waals surface area contributed by atoms with E-state index in [2.05, 4.69) is 27.8 Å². The number of alkyl halides is 3. The number of guanidine groups is 1. The number of nitrogens with zero attached hydrogens (tertiary/aromatic N) is 2. The van der Waals surface area contributed by atoms with E-state index in [4.69, 9.17) is 0 Å². The number of aliphatic imine (C=N–C) groups is 1. The van der Waals surface area contributed by atoms with Crippen molar-refractivity contribution in [3.8, 4) is 0 Å². The quantitative estimate of drug-likeness (QED) is 0.296. The topological polar surface area (TPSA) is 73.8 Å². The molecule has 0 unspecified atom stereocenters. The van der Waals surface area contributed by atoms with Crippen molar-refractivity contribution in [2.45, 2.75) is 35.7 Å². The van der Waals surface area contributed by atoms with Crippen LogP contribution >= 0.6 is 11.8 Å². The number of hydrogen-bond donors (Lipinski definition) is 2. The molecule has 28 heavy (non-hydrogen) atoms. The molecule has 0 aromatic heterocycles. The molecule has 0 bridgehead atoms. The number of rotatable bonds is 7. The molecule has 0 radical (unpaired) electrons. The molecule has 1 fully saturated rings. The summed E-state index contributed by atoms with van der Waals surface area (Å²) in [6, 6.07) is 9.97. The molecule has 0 aliphatic carbocycles. The van der Waals surface area contributed by atoms with Crippen molar-refractivity contribution in [2.24, 2.45) is 4.99 Å². The molecule has 0 atom stereocenters. The smallest absolute Gasteiger partial charge is 0.356 e. The molecular formula is C17H25F3N4O2S2. The fraction of sp³-hybridized carbons (Fsp3) is 0.588. The van der Waals surface area contributed by atoms with Crippen molar-refractivity contribution in [2.75, 3.05) is 32.4 Å². The van der Waals surface area contributed by atoms with Crippen LogP contribution < -0.4 is 10.6 Å². The highest BCUT2D eigenvalue weighted by Crippen LogP contribution is 2.28. The van der Waals surface area contributed by atoms with Gasteiger partial charge in [0.1, 0.15) is 0 Å². The summed E-state index contributed by atoms with van der Waals surface area (Å²) >= 11 is 1.77. The predicted octanol–water partition coefficient (Wildman–Crippen LogP) is 2.65. The summed E-state index contributed by atoms with van der Waals surface area (Å²) in [6.07, 6.45) is 1.50. The van der Waals surface area contributed by atoms with E-state index in [1.165, 1.54) is 4.90 Å². The average Bonchev–Trinajstić information content (AvgIpc) is 2.67. The lowest BCUT2D eigenvalue weighted by Gasteiger charge is -2.32. The Morgan fingerprint density at radius 1 is 1.25 bits per heavy atom. The first kappa shape index (κ1) is 22.8. The van der Waals surface area contributed by atoms with E-state index >= 15 is 0 Å².